The highest BCUT2D eigenvalue weighted by molar-refractivity contribution is 6.76. The van der Waals surface area contributed by atoms with Crippen molar-refractivity contribution >= 4 is 39.4 Å². The van der Waals surface area contributed by atoms with E-state index in [4.69, 9.17) is 23.6 Å². The number of carbonyl (C=O) groups is 2. The number of pyridine rings is 2. The first-order valence-corrected chi connectivity index (χ1v) is 27.3. The van der Waals surface area contributed by atoms with E-state index in [-0.39, 0.29) is 23.1 Å². The fraction of sp³-hybridized carbons (Fsp3) is 0.545. The van der Waals surface area contributed by atoms with E-state index in [9.17, 15) is 9.59 Å². The summed E-state index contributed by atoms with van der Waals surface area (Å²) in [6.07, 6.45) is 4.76. The summed E-state index contributed by atoms with van der Waals surface area (Å²) in [5.74, 6) is -0.399. The van der Waals surface area contributed by atoms with Gasteiger partial charge in [0.1, 0.15) is 29.8 Å². The number of ether oxygens (including phenoxy) is 3. The zero-order valence-electron chi connectivity index (χ0n) is 37.0. The number of hydrogen-bond donors (Lipinski definition) is 1. The summed E-state index contributed by atoms with van der Waals surface area (Å²) in [6.45, 7) is 27.6. The fourth-order valence-corrected chi connectivity index (χ4v) is 8.11. The van der Waals surface area contributed by atoms with Gasteiger partial charge in [0.15, 0.2) is 19.9 Å². The van der Waals surface area contributed by atoms with Gasteiger partial charge in [-0.25, -0.2) is 14.2 Å². The van der Waals surface area contributed by atoms with Gasteiger partial charge in [-0.1, -0.05) is 52.5 Å². The fourth-order valence-electron chi connectivity index (χ4n) is 6.40. The highest BCUT2D eigenvalue weighted by Gasteiger charge is 2.37. The molecule has 1 N–H and O–H groups in total. The largest absolute Gasteiger partial charge is 0.453 e. The highest BCUT2D eigenvalue weighted by Crippen LogP contribution is 2.39. The molecule has 1 aromatic carbocycles. The third kappa shape index (κ3) is 13.2. The molecule has 1 aliphatic rings. The third-order valence-electron chi connectivity index (χ3n) is 10.9. The quantitative estimate of drug-likeness (QED) is 0.0871. The van der Waals surface area contributed by atoms with E-state index >= 15 is 4.39 Å². The second-order valence-electron chi connectivity index (χ2n) is 19.2. The van der Waals surface area contributed by atoms with Crippen LogP contribution in [0, 0.1) is 5.82 Å². The van der Waals surface area contributed by atoms with Crippen LogP contribution in [0.4, 0.5) is 9.18 Å². The van der Waals surface area contributed by atoms with Gasteiger partial charge in [0.2, 0.25) is 5.91 Å². The van der Waals surface area contributed by atoms with Gasteiger partial charge < -0.3 is 33.4 Å². The minimum Gasteiger partial charge on any atom is -0.453 e. The molecular weight excluding hydrogens is 784 g/mol. The van der Waals surface area contributed by atoms with Crippen molar-refractivity contribution in [2.45, 2.75) is 123 Å². The number of fused-ring (bicyclic) bond motifs is 1. The number of benzene rings is 1. The molecule has 5 rings (SSSR count). The van der Waals surface area contributed by atoms with Crippen molar-refractivity contribution in [1.82, 2.24) is 29.7 Å². The lowest BCUT2D eigenvalue weighted by Crippen LogP contribution is -2.55. The van der Waals surface area contributed by atoms with E-state index in [0.717, 1.165) is 22.7 Å². The lowest BCUT2D eigenvalue weighted by Gasteiger charge is -2.36. The first-order chi connectivity index (χ1) is 27.6. The van der Waals surface area contributed by atoms with Crippen molar-refractivity contribution < 1.29 is 32.6 Å². The molecule has 322 valence electrons. The lowest BCUT2D eigenvalue weighted by atomic mass is 10.0. The van der Waals surface area contributed by atoms with E-state index < -0.39 is 39.9 Å². The molecule has 12 nitrogen and oxygen atoms in total. The van der Waals surface area contributed by atoms with Crippen molar-refractivity contribution in [3.05, 3.63) is 83.7 Å². The molecule has 0 radical (unpaired) electrons. The SMILES string of the molecule is CC(C)(C)OC(=O)N[C@@H](Cc1ccc(Oc2ccnc3c2c(CO[Si](C)(C)C(C)(C)C)cn3COCC[Si](C)(C)C)c(F)c1)C(=O)N1CCN(Cc2ccccn2)CC1. The van der Waals surface area contributed by atoms with Gasteiger partial charge in [-0.3, -0.25) is 14.7 Å². The standard InChI is InChI=1S/C44H65FN6O6Si2/c1-43(2,3)57-42(53)48-36(41(52)50-22-20-49(21-23-50)29-34-14-12-13-18-46-34)27-32-15-16-37(35(45)26-32)56-38-17-19-47-40-39(38)33(30-55-59(10,11)44(4,5)6)28-51(40)31-54-24-25-58(7,8)9/h12-19,26,28,36H,20-25,27,29-31H2,1-11H3,(H,48,53)/t36-/m0/s1. The molecule has 2 amide bonds. The molecule has 0 spiro atoms. The first kappa shape index (κ1) is 45.9. The van der Waals surface area contributed by atoms with Gasteiger partial charge in [-0.05, 0) is 80.8 Å². The molecule has 4 aromatic rings. The number of piperazine rings is 1. The molecular formula is C44H65FN6O6Si2. The molecule has 0 unspecified atom stereocenters. The monoisotopic (exact) mass is 848 g/mol. The van der Waals surface area contributed by atoms with Crippen LogP contribution in [0.25, 0.3) is 11.0 Å². The number of hydrogen-bond acceptors (Lipinski definition) is 9. The molecule has 1 fully saturated rings. The summed E-state index contributed by atoms with van der Waals surface area (Å²) in [5.41, 5.74) is 2.26. The van der Waals surface area contributed by atoms with Crippen LogP contribution in [0.15, 0.2) is 61.1 Å². The van der Waals surface area contributed by atoms with Crippen LogP contribution in [0.5, 0.6) is 11.5 Å². The number of amides is 2. The Bertz CT molecular complexity index is 2040. The third-order valence-corrected chi connectivity index (χ3v) is 17.0. The van der Waals surface area contributed by atoms with Gasteiger partial charge >= 0.3 is 6.09 Å². The lowest BCUT2D eigenvalue weighted by molar-refractivity contribution is -0.135. The summed E-state index contributed by atoms with van der Waals surface area (Å²) in [6, 6.07) is 12.3. The Kier molecular flexibility index (Phi) is 14.8. The van der Waals surface area contributed by atoms with E-state index in [0.29, 0.717) is 69.6 Å². The number of halogens is 1. The second-order valence-corrected chi connectivity index (χ2v) is 29.7. The Hall–Kier alpha value is -4.16. The van der Waals surface area contributed by atoms with Crippen LogP contribution in [0.3, 0.4) is 0 Å². The van der Waals surface area contributed by atoms with E-state index in [2.05, 4.69) is 68.7 Å². The molecule has 1 aliphatic heterocycles. The van der Waals surface area contributed by atoms with Crippen LogP contribution in [0.2, 0.25) is 43.8 Å². The van der Waals surface area contributed by atoms with Crippen LogP contribution in [-0.4, -0.2) is 97.2 Å². The Morgan fingerprint density at radius 3 is 2.27 bits per heavy atom. The Morgan fingerprint density at radius 2 is 1.64 bits per heavy atom. The molecule has 0 bridgehead atoms. The van der Waals surface area contributed by atoms with E-state index in [1.165, 1.54) is 6.07 Å². The summed E-state index contributed by atoms with van der Waals surface area (Å²) in [4.78, 5) is 40.1. The smallest absolute Gasteiger partial charge is 0.408 e. The molecule has 15 heteroatoms. The summed E-state index contributed by atoms with van der Waals surface area (Å²) < 4.78 is 42.7. The maximum Gasteiger partial charge on any atom is 0.408 e. The molecule has 59 heavy (non-hydrogen) atoms. The first-order valence-electron chi connectivity index (χ1n) is 20.6. The number of rotatable bonds is 16. The van der Waals surface area contributed by atoms with Gasteiger partial charge in [0.05, 0.1) is 17.7 Å². The number of alkyl carbamates (subject to hydrolysis) is 1. The van der Waals surface area contributed by atoms with Crippen molar-refractivity contribution in [3.63, 3.8) is 0 Å². The van der Waals surface area contributed by atoms with Crippen LogP contribution >= 0.6 is 0 Å². The molecule has 3 aromatic heterocycles. The zero-order chi connectivity index (χ0) is 43.2. The molecule has 0 saturated carbocycles. The number of aromatic nitrogens is 3. The van der Waals surface area contributed by atoms with Gasteiger partial charge in [0, 0.05) is 78.0 Å². The van der Waals surface area contributed by atoms with Crippen molar-refractivity contribution in [2.24, 2.45) is 0 Å². The van der Waals surface area contributed by atoms with Crippen molar-refractivity contribution in [2.75, 3.05) is 32.8 Å². The normalized spacial score (nSPS) is 15.0. The maximum atomic E-state index is 16.1. The number of nitrogens with one attached hydrogen (secondary N) is 1. The van der Waals surface area contributed by atoms with Gasteiger partial charge in [0.25, 0.3) is 0 Å². The molecule has 1 saturated heterocycles. The maximum absolute atomic E-state index is 16.1. The van der Waals surface area contributed by atoms with E-state index in [1.807, 2.05) is 29.0 Å². The predicted octanol–water partition coefficient (Wildman–Crippen LogP) is 8.98. The number of nitrogens with zero attached hydrogens (tertiary/aromatic N) is 5. The highest BCUT2D eigenvalue weighted by atomic mass is 28.4. The average molecular weight is 849 g/mol. The predicted molar refractivity (Wildman–Crippen MR) is 235 cm³/mol. The second kappa shape index (κ2) is 19.0. The summed E-state index contributed by atoms with van der Waals surface area (Å²) in [5, 5.41) is 3.51. The van der Waals surface area contributed by atoms with Crippen LogP contribution in [-0.2, 0) is 45.0 Å². The number of carbonyl (C=O) groups excluding carboxylic acids is 2. The van der Waals surface area contributed by atoms with E-state index in [1.54, 1.807) is 56.3 Å². The average Bonchev–Trinajstić information content (AvgIpc) is 3.50. The topological polar surface area (TPSA) is 120 Å². The molecule has 0 aliphatic carbocycles. The van der Waals surface area contributed by atoms with Gasteiger partial charge in [-0.2, -0.15) is 0 Å². The van der Waals surface area contributed by atoms with Crippen LogP contribution in [0.1, 0.15) is 58.4 Å². The molecule has 1 atom stereocenters. The minimum atomic E-state index is -2.12. The Balaban J connectivity index is 1.35. The Labute approximate surface area is 351 Å². The zero-order valence-corrected chi connectivity index (χ0v) is 39.0. The summed E-state index contributed by atoms with van der Waals surface area (Å²) in [7, 11) is -3.40. The van der Waals surface area contributed by atoms with Crippen molar-refractivity contribution in [1.29, 1.82) is 0 Å². The minimum absolute atomic E-state index is 0.00917. The van der Waals surface area contributed by atoms with Crippen LogP contribution < -0.4 is 10.1 Å². The van der Waals surface area contributed by atoms with Crippen molar-refractivity contribution in [3.8, 4) is 11.5 Å². The molecule has 4 heterocycles. The van der Waals surface area contributed by atoms with Gasteiger partial charge in [-0.15, -0.1) is 0 Å². The summed E-state index contributed by atoms with van der Waals surface area (Å²) >= 11 is 0. The Morgan fingerprint density at radius 1 is 0.915 bits per heavy atom.